The van der Waals surface area contributed by atoms with Gasteiger partial charge in [0, 0.05) is 6.54 Å². The summed E-state index contributed by atoms with van der Waals surface area (Å²) in [6, 6.07) is 2.53. The number of nitrogens with one attached hydrogen (secondary N) is 1. The third kappa shape index (κ3) is 3.36. The van der Waals surface area contributed by atoms with Gasteiger partial charge in [-0.25, -0.2) is 0 Å². The molecule has 2 amide bonds. The molecule has 0 bridgehead atoms. The van der Waals surface area contributed by atoms with Crippen LogP contribution in [0.1, 0.15) is 16.6 Å². The predicted octanol–water partition coefficient (Wildman–Crippen LogP) is 0.0861. The average Bonchev–Trinajstić information content (AvgIpc) is 3.00. The van der Waals surface area contributed by atoms with E-state index in [1.54, 1.807) is 24.0 Å². The van der Waals surface area contributed by atoms with Crippen molar-refractivity contribution >= 4 is 23.2 Å². The Hall–Kier alpha value is -1.44. The van der Waals surface area contributed by atoms with Crippen LogP contribution in [-0.4, -0.2) is 60.3 Å². The number of hydrogen-bond acceptors (Lipinski definition) is 5. The number of ether oxygens (including phenoxy) is 1. The molecular weight excluding hydrogens is 280 g/mol. The number of carbonyl (C=O) groups excluding carboxylic acids is 2. The Bertz CT molecular complexity index is 463. The molecule has 1 aliphatic heterocycles. The number of carbonyl (C=O) groups is 2. The molecule has 110 valence electrons. The van der Waals surface area contributed by atoms with E-state index in [0.717, 1.165) is 0 Å². The van der Waals surface area contributed by atoms with Gasteiger partial charge in [0.15, 0.2) is 0 Å². The van der Waals surface area contributed by atoms with E-state index in [-0.39, 0.29) is 24.5 Å². The summed E-state index contributed by atoms with van der Waals surface area (Å²) in [5.74, 6) is -0.452. The highest BCUT2D eigenvalue weighted by Gasteiger charge is 2.30. The minimum atomic E-state index is -0.628. The molecule has 2 atom stereocenters. The number of amides is 2. The molecule has 0 aliphatic carbocycles. The molecule has 7 heteroatoms. The Balaban J connectivity index is 1.95. The highest BCUT2D eigenvalue weighted by atomic mass is 32.1. The first-order valence-corrected chi connectivity index (χ1v) is 7.35. The van der Waals surface area contributed by atoms with Crippen LogP contribution >= 0.6 is 11.3 Å². The van der Waals surface area contributed by atoms with Gasteiger partial charge in [-0.15, -0.1) is 11.3 Å². The van der Waals surface area contributed by atoms with E-state index in [9.17, 15) is 14.7 Å². The van der Waals surface area contributed by atoms with E-state index < -0.39 is 6.04 Å². The molecule has 0 aromatic carbocycles. The maximum atomic E-state index is 12.3. The summed E-state index contributed by atoms with van der Waals surface area (Å²) in [5, 5.41) is 13.8. The van der Waals surface area contributed by atoms with Crippen molar-refractivity contribution in [1.29, 1.82) is 0 Å². The molecule has 2 rings (SSSR count). The number of hydrogen-bond donors (Lipinski definition) is 2. The van der Waals surface area contributed by atoms with Gasteiger partial charge in [-0.05, 0) is 18.4 Å². The Kier molecular flexibility index (Phi) is 5.11. The molecule has 2 N–H and O–H groups in total. The van der Waals surface area contributed by atoms with Gasteiger partial charge >= 0.3 is 0 Å². The average molecular weight is 298 g/mol. The van der Waals surface area contributed by atoms with Gasteiger partial charge in [0.05, 0.1) is 30.7 Å². The molecular formula is C13H18N2O4S. The standard InChI is InChI=1S/C13H18N2O4S/c1-9(14-12(17)11-3-2-6-20-11)13(18)15-4-5-19-8-10(15)7-16/h2-3,6,9-10,16H,4-5,7-8H2,1H3,(H,14,17). The Labute approximate surface area is 121 Å². The number of aliphatic hydroxyl groups is 1. The summed E-state index contributed by atoms with van der Waals surface area (Å²) in [7, 11) is 0. The lowest BCUT2D eigenvalue weighted by atomic mass is 10.2. The first-order chi connectivity index (χ1) is 9.63. The minimum Gasteiger partial charge on any atom is -0.394 e. The molecule has 20 heavy (non-hydrogen) atoms. The Morgan fingerprint density at radius 2 is 2.45 bits per heavy atom. The summed E-state index contributed by atoms with van der Waals surface area (Å²) in [6.07, 6.45) is 0. The van der Waals surface area contributed by atoms with Crippen LogP contribution in [-0.2, 0) is 9.53 Å². The van der Waals surface area contributed by atoms with Gasteiger partial charge < -0.3 is 20.1 Å². The summed E-state index contributed by atoms with van der Waals surface area (Å²) in [4.78, 5) is 26.4. The van der Waals surface area contributed by atoms with Crippen molar-refractivity contribution in [2.75, 3.05) is 26.4 Å². The zero-order chi connectivity index (χ0) is 14.5. The summed E-state index contributed by atoms with van der Waals surface area (Å²) >= 11 is 1.33. The van der Waals surface area contributed by atoms with Crippen molar-refractivity contribution in [2.24, 2.45) is 0 Å². The van der Waals surface area contributed by atoms with Crippen molar-refractivity contribution in [3.63, 3.8) is 0 Å². The number of aliphatic hydroxyl groups excluding tert-OH is 1. The fourth-order valence-electron chi connectivity index (χ4n) is 2.08. The zero-order valence-corrected chi connectivity index (χ0v) is 12.1. The van der Waals surface area contributed by atoms with Crippen LogP contribution < -0.4 is 5.32 Å². The largest absolute Gasteiger partial charge is 0.394 e. The third-order valence-corrected chi connectivity index (χ3v) is 4.05. The highest BCUT2D eigenvalue weighted by molar-refractivity contribution is 7.12. The van der Waals surface area contributed by atoms with Gasteiger partial charge in [-0.1, -0.05) is 6.07 Å². The molecule has 1 aliphatic rings. The lowest BCUT2D eigenvalue weighted by Gasteiger charge is -2.36. The fourth-order valence-corrected chi connectivity index (χ4v) is 2.71. The second-order valence-electron chi connectivity index (χ2n) is 4.62. The van der Waals surface area contributed by atoms with Gasteiger partial charge in [-0.3, -0.25) is 9.59 Å². The second kappa shape index (κ2) is 6.83. The van der Waals surface area contributed by atoms with E-state index in [0.29, 0.717) is 24.6 Å². The van der Waals surface area contributed by atoms with Gasteiger partial charge in [0.2, 0.25) is 5.91 Å². The number of rotatable bonds is 4. The maximum Gasteiger partial charge on any atom is 0.261 e. The van der Waals surface area contributed by atoms with Crippen molar-refractivity contribution in [3.8, 4) is 0 Å². The van der Waals surface area contributed by atoms with E-state index in [1.807, 2.05) is 5.38 Å². The molecule has 1 aromatic rings. The van der Waals surface area contributed by atoms with Crippen LogP contribution in [0.5, 0.6) is 0 Å². The van der Waals surface area contributed by atoms with E-state index in [4.69, 9.17) is 4.74 Å². The SMILES string of the molecule is CC(NC(=O)c1cccs1)C(=O)N1CCOCC1CO. The smallest absolute Gasteiger partial charge is 0.261 e. The van der Waals surface area contributed by atoms with Crippen LogP contribution in [0, 0.1) is 0 Å². The number of morpholine rings is 1. The summed E-state index contributed by atoms with van der Waals surface area (Å²) < 4.78 is 5.23. The molecule has 1 saturated heterocycles. The normalized spacial score (nSPS) is 20.5. The topological polar surface area (TPSA) is 78.9 Å². The van der Waals surface area contributed by atoms with Crippen LogP contribution in [0.3, 0.4) is 0 Å². The molecule has 2 heterocycles. The van der Waals surface area contributed by atoms with Crippen molar-refractivity contribution < 1.29 is 19.4 Å². The lowest BCUT2D eigenvalue weighted by Crippen LogP contribution is -2.56. The molecule has 0 radical (unpaired) electrons. The molecule has 0 saturated carbocycles. The van der Waals surface area contributed by atoms with Gasteiger partial charge in [0.25, 0.3) is 5.91 Å². The minimum absolute atomic E-state index is 0.142. The molecule has 6 nitrogen and oxygen atoms in total. The molecule has 1 aromatic heterocycles. The summed E-state index contributed by atoms with van der Waals surface area (Å²) in [6.45, 7) is 2.72. The van der Waals surface area contributed by atoms with E-state index in [2.05, 4.69) is 5.32 Å². The molecule has 1 fully saturated rings. The van der Waals surface area contributed by atoms with E-state index >= 15 is 0 Å². The van der Waals surface area contributed by atoms with Crippen molar-refractivity contribution in [2.45, 2.75) is 19.0 Å². The monoisotopic (exact) mass is 298 g/mol. The van der Waals surface area contributed by atoms with Crippen LogP contribution in [0.15, 0.2) is 17.5 Å². The highest BCUT2D eigenvalue weighted by Crippen LogP contribution is 2.11. The van der Waals surface area contributed by atoms with Crippen LogP contribution in [0.4, 0.5) is 0 Å². The Morgan fingerprint density at radius 1 is 1.65 bits per heavy atom. The van der Waals surface area contributed by atoms with Crippen LogP contribution in [0.25, 0.3) is 0 Å². The second-order valence-corrected chi connectivity index (χ2v) is 5.56. The van der Waals surface area contributed by atoms with Crippen molar-refractivity contribution in [3.05, 3.63) is 22.4 Å². The molecule has 0 spiro atoms. The molecule has 2 unspecified atom stereocenters. The van der Waals surface area contributed by atoms with Gasteiger partial charge in [0.1, 0.15) is 6.04 Å². The van der Waals surface area contributed by atoms with E-state index in [1.165, 1.54) is 11.3 Å². The van der Waals surface area contributed by atoms with Crippen molar-refractivity contribution in [1.82, 2.24) is 10.2 Å². The number of thiophene rings is 1. The first-order valence-electron chi connectivity index (χ1n) is 6.47. The van der Waals surface area contributed by atoms with Gasteiger partial charge in [-0.2, -0.15) is 0 Å². The summed E-state index contributed by atoms with van der Waals surface area (Å²) in [5.41, 5.74) is 0. The Morgan fingerprint density at radius 3 is 3.10 bits per heavy atom. The van der Waals surface area contributed by atoms with Crippen LogP contribution in [0.2, 0.25) is 0 Å². The fraction of sp³-hybridized carbons (Fsp3) is 0.538. The number of nitrogens with zero attached hydrogens (tertiary/aromatic N) is 1. The maximum absolute atomic E-state index is 12.3. The quantitative estimate of drug-likeness (QED) is 0.825. The first kappa shape index (κ1) is 15.0. The third-order valence-electron chi connectivity index (χ3n) is 3.18. The predicted molar refractivity (Wildman–Crippen MR) is 74.7 cm³/mol. The zero-order valence-electron chi connectivity index (χ0n) is 11.2. The lowest BCUT2D eigenvalue weighted by molar-refractivity contribution is -0.143.